The van der Waals surface area contributed by atoms with Crippen molar-refractivity contribution in [3.8, 4) is 5.75 Å². The van der Waals surface area contributed by atoms with Crippen LogP contribution in [0.4, 0.5) is 0 Å². The van der Waals surface area contributed by atoms with Gasteiger partial charge in [-0.1, -0.05) is 12.1 Å². The van der Waals surface area contributed by atoms with Gasteiger partial charge in [-0.15, -0.1) is 0 Å². The largest absolute Gasteiger partial charge is 0.507 e. The van der Waals surface area contributed by atoms with Crippen molar-refractivity contribution in [1.82, 2.24) is 4.90 Å². The average Bonchev–Trinajstić information content (AvgIpc) is 2.39. The van der Waals surface area contributed by atoms with Gasteiger partial charge in [0.1, 0.15) is 5.75 Å². The second-order valence-electron chi connectivity index (χ2n) is 4.49. The Morgan fingerprint density at radius 2 is 2.00 bits per heavy atom. The predicted molar refractivity (Wildman–Crippen MR) is 65.8 cm³/mol. The summed E-state index contributed by atoms with van der Waals surface area (Å²) in [5.41, 5.74) is 6.00. The number of benzene rings is 1. The lowest BCUT2D eigenvalue weighted by molar-refractivity contribution is 0.0690. The Morgan fingerprint density at radius 1 is 1.35 bits per heavy atom. The quantitative estimate of drug-likeness (QED) is 0.808. The second-order valence-corrected chi connectivity index (χ2v) is 4.49. The Bertz CT molecular complexity index is 398. The number of carbonyl (C=O) groups is 1. The summed E-state index contributed by atoms with van der Waals surface area (Å²) >= 11 is 0. The van der Waals surface area contributed by atoms with E-state index in [4.69, 9.17) is 5.73 Å². The van der Waals surface area contributed by atoms with Crippen LogP contribution in [0.1, 0.15) is 23.2 Å². The first kappa shape index (κ1) is 11.9. The van der Waals surface area contributed by atoms with E-state index in [1.165, 1.54) is 0 Å². The summed E-state index contributed by atoms with van der Waals surface area (Å²) in [4.78, 5) is 13.9. The van der Waals surface area contributed by atoms with Gasteiger partial charge in [0.2, 0.25) is 0 Å². The van der Waals surface area contributed by atoms with Crippen LogP contribution in [0.2, 0.25) is 0 Å². The molecule has 2 rings (SSSR count). The lowest BCUT2D eigenvalue weighted by Crippen LogP contribution is -2.40. The molecule has 3 N–H and O–H groups in total. The molecular formula is C13H18N2O2. The van der Waals surface area contributed by atoms with Gasteiger partial charge < -0.3 is 15.7 Å². The number of hydrogen-bond donors (Lipinski definition) is 2. The number of aromatic hydroxyl groups is 1. The monoisotopic (exact) mass is 234 g/mol. The lowest BCUT2D eigenvalue weighted by atomic mass is 9.96. The van der Waals surface area contributed by atoms with E-state index < -0.39 is 0 Å². The maximum Gasteiger partial charge on any atom is 0.257 e. The number of phenols is 1. The zero-order chi connectivity index (χ0) is 12.3. The number of rotatable bonds is 2. The van der Waals surface area contributed by atoms with Gasteiger partial charge in [0, 0.05) is 13.1 Å². The third kappa shape index (κ3) is 2.58. The topological polar surface area (TPSA) is 66.6 Å². The van der Waals surface area contributed by atoms with Crippen molar-refractivity contribution in [3.05, 3.63) is 29.8 Å². The van der Waals surface area contributed by atoms with E-state index in [-0.39, 0.29) is 11.7 Å². The molecule has 0 aliphatic carbocycles. The molecular weight excluding hydrogens is 216 g/mol. The van der Waals surface area contributed by atoms with Gasteiger partial charge in [0.25, 0.3) is 5.91 Å². The van der Waals surface area contributed by atoms with Gasteiger partial charge in [-0.25, -0.2) is 0 Å². The van der Waals surface area contributed by atoms with E-state index in [9.17, 15) is 9.90 Å². The molecule has 1 amide bonds. The van der Waals surface area contributed by atoms with Crippen LogP contribution in [0, 0.1) is 5.92 Å². The fraction of sp³-hybridized carbons (Fsp3) is 0.462. The molecule has 1 aliphatic rings. The summed E-state index contributed by atoms with van der Waals surface area (Å²) < 4.78 is 0. The molecule has 92 valence electrons. The highest BCUT2D eigenvalue weighted by Crippen LogP contribution is 2.22. The number of phenolic OH excluding ortho intramolecular Hbond substituents is 1. The molecule has 17 heavy (non-hydrogen) atoms. The van der Waals surface area contributed by atoms with Crippen molar-refractivity contribution in [2.45, 2.75) is 12.8 Å². The zero-order valence-electron chi connectivity index (χ0n) is 9.80. The molecule has 0 atom stereocenters. The zero-order valence-corrected chi connectivity index (χ0v) is 9.80. The number of carbonyl (C=O) groups excluding carboxylic acids is 1. The molecule has 4 heteroatoms. The van der Waals surface area contributed by atoms with Crippen molar-refractivity contribution >= 4 is 5.91 Å². The number of para-hydroxylation sites is 1. The van der Waals surface area contributed by atoms with Gasteiger partial charge in [-0.2, -0.15) is 0 Å². The molecule has 0 bridgehead atoms. The first-order valence-corrected chi connectivity index (χ1v) is 5.99. The van der Waals surface area contributed by atoms with E-state index in [0.717, 1.165) is 25.9 Å². The van der Waals surface area contributed by atoms with Gasteiger partial charge in [0.15, 0.2) is 0 Å². The van der Waals surface area contributed by atoms with Gasteiger partial charge in [-0.05, 0) is 37.4 Å². The van der Waals surface area contributed by atoms with Crippen LogP contribution >= 0.6 is 0 Å². The molecule has 0 unspecified atom stereocenters. The van der Waals surface area contributed by atoms with E-state index in [0.29, 0.717) is 18.0 Å². The van der Waals surface area contributed by atoms with Crippen molar-refractivity contribution in [3.63, 3.8) is 0 Å². The number of amides is 1. The van der Waals surface area contributed by atoms with Crippen LogP contribution in [0.5, 0.6) is 5.75 Å². The first-order valence-electron chi connectivity index (χ1n) is 5.99. The molecule has 1 heterocycles. The van der Waals surface area contributed by atoms with Crippen LogP contribution in [-0.4, -0.2) is 35.5 Å². The highest BCUT2D eigenvalue weighted by molar-refractivity contribution is 5.96. The van der Waals surface area contributed by atoms with Crippen molar-refractivity contribution in [1.29, 1.82) is 0 Å². The summed E-state index contributed by atoms with van der Waals surface area (Å²) in [6.07, 6.45) is 1.91. The Balaban J connectivity index is 2.04. The minimum atomic E-state index is -0.0847. The summed E-state index contributed by atoms with van der Waals surface area (Å²) in [7, 11) is 0. The maximum absolute atomic E-state index is 12.2. The standard InChI is InChI=1S/C13H18N2O2/c14-9-10-5-7-15(8-6-10)13(17)11-3-1-2-4-12(11)16/h1-4,10,16H,5-9,14H2. The third-order valence-corrected chi connectivity index (χ3v) is 3.37. The Kier molecular flexibility index (Phi) is 3.64. The molecule has 4 nitrogen and oxygen atoms in total. The van der Waals surface area contributed by atoms with E-state index in [1.807, 2.05) is 0 Å². The molecule has 1 aliphatic heterocycles. The lowest BCUT2D eigenvalue weighted by Gasteiger charge is -2.31. The second kappa shape index (κ2) is 5.19. The summed E-state index contributed by atoms with van der Waals surface area (Å²) in [5, 5.41) is 9.64. The molecule has 1 aromatic carbocycles. The summed E-state index contributed by atoms with van der Waals surface area (Å²) in [6, 6.07) is 6.68. The number of piperidine rings is 1. The number of likely N-dealkylation sites (tertiary alicyclic amines) is 1. The number of nitrogens with zero attached hydrogens (tertiary/aromatic N) is 1. The molecule has 1 saturated heterocycles. The van der Waals surface area contributed by atoms with Gasteiger partial charge >= 0.3 is 0 Å². The van der Waals surface area contributed by atoms with E-state index >= 15 is 0 Å². The molecule has 0 saturated carbocycles. The predicted octanol–water partition coefficient (Wildman–Crippen LogP) is 1.20. The normalized spacial score (nSPS) is 17.1. The SMILES string of the molecule is NCC1CCN(C(=O)c2ccccc2O)CC1. The first-order chi connectivity index (χ1) is 8.22. The molecule has 0 aromatic heterocycles. The Labute approximate surface area is 101 Å². The fourth-order valence-electron chi connectivity index (χ4n) is 2.20. The average molecular weight is 234 g/mol. The number of hydrogen-bond acceptors (Lipinski definition) is 3. The summed E-state index contributed by atoms with van der Waals surface area (Å²) in [6.45, 7) is 2.16. The molecule has 0 spiro atoms. The van der Waals surface area contributed by atoms with Crippen molar-refractivity contribution in [2.24, 2.45) is 11.7 Å². The highest BCUT2D eigenvalue weighted by atomic mass is 16.3. The minimum absolute atomic E-state index is 0.0541. The van der Waals surface area contributed by atoms with Gasteiger partial charge in [-0.3, -0.25) is 4.79 Å². The molecule has 0 radical (unpaired) electrons. The van der Waals surface area contributed by atoms with Crippen LogP contribution in [0.15, 0.2) is 24.3 Å². The highest BCUT2D eigenvalue weighted by Gasteiger charge is 2.24. The Hall–Kier alpha value is -1.55. The van der Waals surface area contributed by atoms with Crippen LogP contribution in [0.3, 0.4) is 0 Å². The number of nitrogens with two attached hydrogens (primary N) is 1. The smallest absolute Gasteiger partial charge is 0.257 e. The van der Waals surface area contributed by atoms with Crippen molar-refractivity contribution in [2.75, 3.05) is 19.6 Å². The maximum atomic E-state index is 12.2. The minimum Gasteiger partial charge on any atom is -0.507 e. The van der Waals surface area contributed by atoms with Crippen LogP contribution < -0.4 is 5.73 Å². The van der Waals surface area contributed by atoms with Gasteiger partial charge in [0.05, 0.1) is 5.56 Å². The molecule has 1 aromatic rings. The van der Waals surface area contributed by atoms with E-state index in [1.54, 1.807) is 29.2 Å². The van der Waals surface area contributed by atoms with Crippen molar-refractivity contribution < 1.29 is 9.90 Å². The van der Waals surface area contributed by atoms with E-state index in [2.05, 4.69) is 0 Å². The third-order valence-electron chi connectivity index (χ3n) is 3.37. The van der Waals surface area contributed by atoms with Crippen LogP contribution in [0.25, 0.3) is 0 Å². The Morgan fingerprint density at radius 3 is 2.59 bits per heavy atom. The van der Waals surface area contributed by atoms with Crippen LogP contribution in [-0.2, 0) is 0 Å². The fourth-order valence-corrected chi connectivity index (χ4v) is 2.20. The molecule has 1 fully saturated rings. The summed E-state index contributed by atoms with van der Waals surface area (Å²) in [5.74, 6) is 0.500.